The predicted octanol–water partition coefficient (Wildman–Crippen LogP) is -0.126. The van der Waals surface area contributed by atoms with Crippen LogP contribution in [0.5, 0.6) is 0 Å². The number of carboxylic acids is 1. The third kappa shape index (κ3) is 3.06. The summed E-state index contributed by atoms with van der Waals surface area (Å²) < 4.78 is 0. The van der Waals surface area contributed by atoms with Gasteiger partial charge in [-0.1, -0.05) is 0 Å². The highest BCUT2D eigenvalue weighted by Crippen LogP contribution is 2.26. The van der Waals surface area contributed by atoms with Crippen molar-refractivity contribution in [3.05, 3.63) is 0 Å². The first kappa shape index (κ1) is 14.3. The number of carboxylic acid groups (broad SMARTS) is 1. The van der Waals surface area contributed by atoms with Gasteiger partial charge in [0.2, 0.25) is 5.91 Å². The molecule has 19 heavy (non-hydrogen) atoms. The number of nitrogens with zero attached hydrogens (tertiary/aromatic N) is 2. The molecule has 0 aromatic rings. The molecule has 0 bridgehead atoms. The summed E-state index contributed by atoms with van der Waals surface area (Å²) in [4.78, 5) is 26.9. The largest absolute Gasteiger partial charge is 0.480 e. The molecule has 2 atom stereocenters. The van der Waals surface area contributed by atoms with Crippen LogP contribution in [0.4, 0.5) is 0 Å². The van der Waals surface area contributed by atoms with Gasteiger partial charge in [0.15, 0.2) is 0 Å². The fourth-order valence-electron chi connectivity index (χ4n) is 3.20. The Labute approximate surface area is 113 Å². The molecule has 1 amide bonds. The van der Waals surface area contributed by atoms with Crippen molar-refractivity contribution in [3.8, 4) is 0 Å². The maximum Gasteiger partial charge on any atom is 0.320 e. The first-order valence-corrected chi connectivity index (χ1v) is 7.03. The van der Waals surface area contributed by atoms with Gasteiger partial charge in [-0.25, -0.2) is 0 Å². The smallest absolute Gasteiger partial charge is 0.320 e. The molecular weight excluding hydrogens is 246 g/mol. The zero-order valence-corrected chi connectivity index (χ0v) is 11.4. The van der Waals surface area contributed by atoms with E-state index < -0.39 is 12.0 Å². The van der Waals surface area contributed by atoms with Crippen molar-refractivity contribution in [2.45, 2.75) is 50.7 Å². The van der Waals surface area contributed by atoms with Crippen LogP contribution in [-0.2, 0) is 9.59 Å². The van der Waals surface area contributed by atoms with Gasteiger partial charge in [0.05, 0.1) is 6.04 Å². The number of hydrogen-bond donors (Lipinski definition) is 2. The minimum atomic E-state index is -0.716. The van der Waals surface area contributed by atoms with E-state index in [4.69, 9.17) is 5.73 Å². The second-order valence-corrected chi connectivity index (χ2v) is 5.58. The van der Waals surface area contributed by atoms with Gasteiger partial charge in [-0.3, -0.25) is 14.5 Å². The van der Waals surface area contributed by atoms with Crippen LogP contribution in [0.3, 0.4) is 0 Å². The SMILES string of the molecule is C[C@H](N)C(=O)N1CCC(N2CCCC2C(=O)O)CC1. The Bertz CT molecular complexity index is 351. The Morgan fingerprint density at radius 2 is 1.84 bits per heavy atom. The minimum absolute atomic E-state index is 0.00495. The molecular formula is C13H23N3O3. The second kappa shape index (κ2) is 5.88. The molecule has 2 heterocycles. The zero-order chi connectivity index (χ0) is 14.0. The van der Waals surface area contributed by atoms with Crippen molar-refractivity contribution in [2.75, 3.05) is 19.6 Å². The van der Waals surface area contributed by atoms with E-state index in [2.05, 4.69) is 4.90 Å². The number of likely N-dealkylation sites (tertiary alicyclic amines) is 2. The lowest BCUT2D eigenvalue weighted by Gasteiger charge is -2.38. The van der Waals surface area contributed by atoms with Crippen LogP contribution >= 0.6 is 0 Å². The van der Waals surface area contributed by atoms with Gasteiger partial charge in [-0.15, -0.1) is 0 Å². The third-order valence-electron chi connectivity index (χ3n) is 4.21. The molecule has 2 saturated heterocycles. The van der Waals surface area contributed by atoms with E-state index in [1.54, 1.807) is 11.8 Å². The molecule has 0 aromatic heterocycles. The summed E-state index contributed by atoms with van der Waals surface area (Å²) in [6.07, 6.45) is 3.40. The molecule has 2 aliphatic rings. The Balaban J connectivity index is 1.89. The summed E-state index contributed by atoms with van der Waals surface area (Å²) in [6.45, 7) is 3.94. The lowest BCUT2D eigenvalue weighted by Crippen LogP contribution is -2.52. The summed E-state index contributed by atoms with van der Waals surface area (Å²) in [5.74, 6) is -0.721. The molecule has 0 aliphatic carbocycles. The zero-order valence-electron chi connectivity index (χ0n) is 11.4. The Hall–Kier alpha value is -1.14. The highest BCUT2D eigenvalue weighted by Gasteiger charge is 2.37. The van der Waals surface area contributed by atoms with Gasteiger partial charge in [0, 0.05) is 19.1 Å². The van der Waals surface area contributed by atoms with Crippen LogP contribution in [-0.4, -0.2) is 64.5 Å². The maximum atomic E-state index is 11.8. The number of piperidine rings is 1. The number of rotatable bonds is 3. The number of aliphatic carboxylic acids is 1. The second-order valence-electron chi connectivity index (χ2n) is 5.58. The van der Waals surface area contributed by atoms with Gasteiger partial charge >= 0.3 is 5.97 Å². The van der Waals surface area contributed by atoms with Gasteiger partial charge < -0.3 is 15.7 Å². The molecule has 3 N–H and O–H groups in total. The van der Waals surface area contributed by atoms with Crippen molar-refractivity contribution < 1.29 is 14.7 Å². The van der Waals surface area contributed by atoms with Gasteiger partial charge in [-0.2, -0.15) is 0 Å². The lowest BCUT2D eigenvalue weighted by molar-refractivity contribution is -0.144. The fraction of sp³-hybridized carbons (Fsp3) is 0.846. The Kier molecular flexibility index (Phi) is 4.42. The standard InChI is InChI=1S/C13H23N3O3/c1-9(14)12(17)15-7-4-10(5-8-15)16-6-2-3-11(16)13(18)19/h9-11H,2-8,14H2,1H3,(H,18,19)/t9-,11?/m0/s1. The van der Waals surface area contributed by atoms with Crippen molar-refractivity contribution in [3.63, 3.8) is 0 Å². The van der Waals surface area contributed by atoms with Crippen molar-refractivity contribution in [2.24, 2.45) is 5.73 Å². The van der Waals surface area contributed by atoms with Gasteiger partial charge in [0.25, 0.3) is 0 Å². The minimum Gasteiger partial charge on any atom is -0.480 e. The van der Waals surface area contributed by atoms with Crippen LogP contribution in [0.25, 0.3) is 0 Å². The topological polar surface area (TPSA) is 86.9 Å². The fourth-order valence-corrected chi connectivity index (χ4v) is 3.20. The number of carbonyl (C=O) groups is 2. The predicted molar refractivity (Wildman–Crippen MR) is 70.6 cm³/mol. The molecule has 6 heteroatoms. The summed E-state index contributed by atoms with van der Waals surface area (Å²) in [5, 5.41) is 9.20. The molecule has 108 valence electrons. The van der Waals surface area contributed by atoms with E-state index in [0.29, 0.717) is 19.1 Å². The van der Waals surface area contributed by atoms with E-state index in [9.17, 15) is 14.7 Å². The molecule has 0 saturated carbocycles. The van der Waals surface area contributed by atoms with E-state index in [-0.39, 0.29) is 11.9 Å². The van der Waals surface area contributed by atoms with Crippen LogP contribution < -0.4 is 5.73 Å². The summed E-state index contributed by atoms with van der Waals surface area (Å²) in [6, 6.07) is -0.489. The van der Waals surface area contributed by atoms with Gasteiger partial charge in [-0.05, 0) is 39.2 Å². The summed E-state index contributed by atoms with van der Waals surface area (Å²) in [5.41, 5.74) is 5.61. The van der Waals surface area contributed by atoms with Crippen molar-refractivity contribution in [1.82, 2.24) is 9.80 Å². The molecule has 0 aromatic carbocycles. The third-order valence-corrected chi connectivity index (χ3v) is 4.21. The van der Waals surface area contributed by atoms with E-state index >= 15 is 0 Å². The molecule has 2 aliphatic heterocycles. The van der Waals surface area contributed by atoms with Crippen molar-refractivity contribution >= 4 is 11.9 Å². The average molecular weight is 269 g/mol. The first-order valence-electron chi connectivity index (χ1n) is 7.03. The molecule has 0 radical (unpaired) electrons. The maximum absolute atomic E-state index is 11.8. The lowest BCUT2D eigenvalue weighted by atomic mass is 10.0. The van der Waals surface area contributed by atoms with E-state index in [0.717, 1.165) is 32.2 Å². The molecule has 2 fully saturated rings. The van der Waals surface area contributed by atoms with E-state index in [1.807, 2.05) is 0 Å². The molecule has 0 spiro atoms. The number of nitrogens with two attached hydrogens (primary N) is 1. The van der Waals surface area contributed by atoms with Crippen LogP contribution in [0.15, 0.2) is 0 Å². The Morgan fingerprint density at radius 1 is 1.21 bits per heavy atom. The molecule has 2 rings (SSSR count). The summed E-state index contributed by atoms with van der Waals surface area (Å²) in [7, 11) is 0. The molecule has 6 nitrogen and oxygen atoms in total. The summed E-state index contributed by atoms with van der Waals surface area (Å²) >= 11 is 0. The highest BCUT2D eigenvalue weighted by atomic mass is 16.4. The number of hydrogen-bond acceptors (Lipinski definition) is 4. The van der Waals surface area contributed by atoms with Crippen LogP contribution in [0.2, 0.25) is 0 Å². The van der Waals surface area contributed by atoms with Crippen LogP contribution in [0.1, 0.15) is 32.6 Å². The van der Waals surface area contributed by atoms with Crippen molar-refractivity contribution in [1.29, 1.82) is 0 Å². The normalized spacial score (nSPS) is 27.5. The average Bonchev–Trinajstić information content (AvgIpc) is 2.87. The highest BCUT2D eigenvalue weighted by molar-refractivity contribution is 5.81. The van der Waals surface area contributed by atoms with Crippen LogP contribution in [0, 0.1) is 0 Å². The number of amides is 1. The Morgan fingerprint density at radius 3 is 2.37 bits per heavy atom. The molecule has 1 unspecified atom stereocenters. The monoisotopic (exact) mass is 269 g/mol. The van der Waals surface area contributed by atoms with Gasteiger partial charge in [0.1, 0.15) is 6.04 Å². The quantitative estimate of drug-likeness (QED) is 0.745. The first-order chi connectivity index (χ1) is 9.00. The van der Waals surface area contributed by atoms with E-state index in [1.165, 1.54) is 0 Å². The number of carbonyl (C=O) groups excluding carboxylic acids is 1.